The first-order chi connectivity index (χ1) is 11.3. The molecule has 1 aromatic carbocycles. The third kappa shape index (κ3) is 2.56. The summed E-state index contributed by atoms with van der Waals surface area (Å²) in [6, 6.07) is 9.32. The summed E-state index contributed by atoms with van der Waals surface area (Å²) < 4.78 is 1.49. The average Bonchev–Trinajstić information content (AvgIpc) is 3.10. The maximum atomic E-state index is 12.4. The van der Waals surface area contributed by atoms with Crippen LogP contribution in [-0.2, 0) is 0 Å². The van der Waals surface area contributed by atoms with Gasteiger partial charge in [0.25, 0.3) is 17.6 Å². The van der Waals surface area contributed by atoms with Gasteiger partial charge in [-0.15, -0.1) is 25.5 Å². The van der Waals surface area contributed by atoms with E-state index in [9.17, 15) is 4.79 Å². The molecule has 1 amide bonds. The van der Waals surface area contributed by atoms with Gasteiger partial charge in [0.05, 0.1) is 0 Å². The van der Waals surface area contributed by atoms with Gasteiger partial charge in [-0.2, -0.15) is 4.52 Å². The van der Waals surface area contributed by atoms with Gasteiger partial charge in [-0.3, -0.25) is 4.79 Å². The zero-order valence-electron chi connectivity index (χ0n) is 12.3. The van der Waals surface area contributed by atoms with Crippen LogP contribution in [0, 0.1) is 0 Å². The van der Waals surface area contributed by atoms with Crippen molar-refractivity contribution >= 4 is 17.6 Å². The number of hydrogen-bond acceptors (Lipinski definition) is 7. The maximum Gasteiger partial charge on any atom is 0.290 e. The Morgan fingerprint density at radius 3 is 2.52 bits per heavy atom. The summed E-state index contributed by atoms with van der Waals surface area (Å²) in [5.41, 5.74) is 0.713. The number of anilines is 1. The SMILES string of the molecule is O=C(c1ccccc1)N1CCN(c2nnc3nncn3n2)CC1. The minimum absolute atomic E-state index is 0.0542. The quantitative estimate of drug-likeness (QED) is 0.651. The minimum atomic E-state index is 0.0542. The number of aromatic nitrogens is 6. The number of fused-ring (bicyclic) bond motifs is 1. The Kier molecular flexibility index (Phi) is 3.30. The van der Waals surface area contributed by atoms with E-state index in [4.69, 9.17) is 0 Å². The Morgan fingerprint density at radius 2 is 1.74 bits per heavy atom. The second kappa shape index (κ2) is 5.59. The van der Waals surface area contributed by atoms with Crippen molar-refractivity contribution in [1.82, 2.24) is 34.9 Å². The van der Waals surface area contributed by atoms with Crippen molar-refractivity contribution in [3.05, 3.63) is 42.2 Å². The van der Waals surface area contributed by atoms with Gasteiger partial charge in [-0.1, -0.05) is 18.2 Å². The number of nitrogens with zero attached hydrogens (tertiary/aromatic N) is 8. The number of carbonyl (C=O) groups is 1. The summed E-state index contributed by atoms with van der Waals surface area (Å²) in [5.74, 6) is 0.939. The molecule has 0 unspecified atom stereocenters. The number of amides is 1. The highest BCUT2D eigenvalue weighted by molar-refractivity contribution is 5.94. The lowest BCUT2D eigenvalue weighted by atomic mass is 10.2. The molecule has 0 aliphatic carbocycles. The minimum Gasteiger partial charge on any atom is -0.335 e. The van der Waals surface area contributed by atoms with Crippen LogP contribution in [0.15, 0.2) is 36.7 Å². The third-order valence-electron chi connectivity index (χ3n) is 3.81. The molecule has 2 aromatic heterocycles. The second-order valence-electron chi connectivity index (χ2n) is 5.22. The highest BCUT2D eigenvalue weighted by atomic mass is 16.2. The number of hydrogen-bond donors (Lipinski definition) is 0. The zero-order chi connectivity index (χ0) is 15.6. The van der Waals surface area contributed by atoms with Crippen LogP contribution in [0.5, 0.6) is 0 Å². The molecule has 0 N–H and O–H groups in total. The van der Waals surface area contributed by atoms with E-state index in [1.165, 1.54) is 10.8 Å². The van der Waals surface area contributed by atoms with E-state index in [0.29, 0.717) is 43.5 Å². The maximum absolute atomic E-state index is 12.4. The largest absolute Gasteiger partial charge is 0.335 e. The number of carbonyl (C=O) groups excluding carboxylic acids is 1. The van der Waals surface area contributed by atoms with Crippen molar-refractivity contribution in [2.24, 2.45) is 0 Å². The smallest absolute Gasteiger partial charge is 0.290 e. The van der Waals surface area contributed by atoms with E-state index in [-0.39, 0.29) is 5.91 Å². The Hall–Kier alpha value is -3.10. The fourth-order valence-corrected chi connectivity index (χ4v) is 2.57. The van der Waals surface area contributed by atoms with Gasteiger partial charge < -0.3 is 9.80 Å². The van der Waals surface area contributed by atoms with Crippen LogP contribution in [0.2, 0.25) is 0 Å². The number of piperazine rings is 1. The molecule has 0 bridgehead atoms. The van der Waals surface area contributed by atoms with Gasteiger partial charge in [0.2, 0.25) is 0 Å². The Bertz CT molecular complexity index is 825. The molecular weight excluding hydrogens is 296 g/mol. The molecule has 3 heterocycles. The lowest BCUT2D eigenvalue weighted by molar-refractivity contribution is 0.0746. The highest BCUT2D eigenvalue weighted by Crippen LogP contribution is 2.12. The van der Waals surface area contributed by atoms with Gasteiger partial charge in [0, 0.05) is 31.7 Å². The lowest BCUT2D eigenvalue weighted by Gasteiger charge is -2.34. The van der Waals surface area contributed by atoms with Crippen LogP contribution in [0.25, 0.3) is 5.78 Å². The monoisotopic (exact) mass is 310 g/mol. The van der Waals surface area contributed by atoms with Gasteiger partial charge >= 0.3 is 0 Å². The van der Waals surface area contributed by atoms with Crippen LogP contribution in [0.4, 0.5) is 5.95 Å². The molecule has 0 radical (unpaired) electrons. The Labute approximate surface area is 131 Å². The summed E-state index contributed by atoms with van der Waals surface area (Å²) >= 11 is 0. The normalized spacial score (nSPS) is 15.1. The molecule has 0 atom stereocenters. The van der Waals surface area contributed by atoms with E-state index in [0.717, 1.165) is 0 Å². The molecule has 0 saturated carbocycles. The molecule has 9 heteroatoms. The fourth-order valence-electron chi connectivity index (χ4n) is 2.57. The first kappa shape index (κ1) is 13.6. The molecule has 1 saturated heterocycles. The Morgan fingerprint density at radius 1 is 0.957 bits per heavy atom. The van der Waals surface area contributed by atoms with Gasteiger partial charge in [-0.25, -0.2) is 0 Å². The van der Waals surface area contributed by atoms with Crippen LogP contribution in [0.1, 0.15) is 10.4 Å². The van der Waals surface area contributed by atoms with Crippen LogP contribution < -0.4 is 4.90 Å². The summed E-state index contributed by atoms with van der Waals surface area (Å²) in [6.07, 6.45) is 1.49. The van der Waals surface area contributed by atoms with Crippen molar-refractivity contribution in [3.8, 4) is 0 Å². The fraction of sp³-hybridized carbons (Fsp3) is 0.286. The number of benzene rings is 1. The predicted octanol–water partition coefficient (Wildman–Crippen LogP) is -0.123. The highest BCUT2D eigenvalue weighted by Gasteiger charge is 2.23. The first-order valence-electron chi connectivity index (χ1n) is 7.31. The zero-order valence-corrected chi connectivity index (χ0v) is 12.3. The van der Waals surface area contributed by atoms with E-state index in [2.05, 4.69) is 25.5 Å². The molecule has 1 aliphatic rings. The average molecular weight is 310 g/mol. The summed E-state index contributed by atoms with van der Waals surface area (Å²) in [4.78, 5) is 16.3. The molecule has 23 heavy (non-hydrogen) atoms. The lowest BCUT2D eigenvalue weighted by Crippen LogP contribution is -2.49. The summed E-state index contributed by atoms with van der Waals surface area (Å²) in [6.45, 7) is 2.57. The van der Waals surface area contributed by atoms with Crippen LogP contribution in [0.3, 0.4) is 0 Å². The molecule has 3 aromatic rings. The topological polar surface area (TPSA) is 92.4 Å². The molecule has 1 aliphatic heterocycles. The van der Waals surface area contributed by atoms with Crippen molar-refractivity contribution in [2.75, 3.05) is 31.1 Å². The van der Waals surface area contributed by atoms with Crippen LogP contribution in [-0.4, -0.2) is 67.0 Å². The van der Waals surface area contributed by atoms with Gasteiger partial charge in [0.1, 0.15) is 6.33 Å². The Balaban J connectivity index is 1.45. The van der Waals surface area contributed by atoms with Gasteiger partial charge in [-0.05, 0) is 12.1 Å². The van der Waals surface area contributed by atoms with Crippen molar-refractivity contribution in [2.45, 2.75) is 0 Å². The third-order valence-corrected chi connectivity index (χ3v) is 3.81. The molecule has 1 fully saturated rings. The molecule has 9 nitrogen and oxygen atoms in total. The van der Waals surface area contributed by atoms with Crippen LogP contribution >= 0.6 is 0 Å². The molecular formula is C14H14N8O. The number of rotatable bonds is 2. The molecule has 116 valence electrons. The van der Waals surface area contributed by atoms with E-state index < -0.39 is 0 Å². The first-order valence-corrected chi connectivity index (χ1v) is 7.31. The summed E-state index contributed by atoms with van der Waals surface area (Å²) in [5, 5.41) is 19.9. The standard InChI is InChI=1S/C14H14N8O/c23-12(11-4-2-1-3-5-11)20-6-8-21(9-7-20)14-18-17-13-16-15-10-22(13)19-14/h1-5,10H,6-9H2. The van der Waals surface area contributed by atoms with E-state index >= 15 is 0 Å². The van der Waals surface area contributed by atoms with Crippen molar-refractivity contribution in [3.63, 3.8) is 0 Å². The van der Waals surface area contributed by atoms with E-state index in [1.807, 2.05) is 40.1 Å². The second-order valence-corrected chi connectivity index (χ2v) is 5.22. The van der Waals surface area contributed by atoms with Crippen molar-refractivity contribution in [1.29, 1.82) is 0 Å². The predicted molar refractivity (Wildman–Crippen MR) is 80.9 cm³/mol. The van der Waals surface area contributed by atoms with Crippen molar-refractivity contribution < 1.29 is 4.79 Å². The molecule has 0 spiro atoms. The van der Waals surface area contributed by atoms with E-state index in [1.54, 1.807) is 0 Å². The summed E-state index contributed by atoms with van der Waals surface area (Å²) in [7, 11) is 0. The van der Waals surface area contributed by atoms with Gasteiger partial charge in [0.15, 0.2) is 0 Å². The molecule has 4 rings (SSSR count).